The highest BCUT2D eigenvalue weighted by Gasteiger charge is 2.11. The lowest BCUT2D eigenvalue weighted by Crippen LogP contribution is -2.13. The lowest BCUT2D eigenvalue weighted by atomic mass is 9.99. The Hall–Kier alpha value is -2.17. The van der Waals surface area contributed by atoms with Gasteiger partial charge in [0.2, 0.25) is 0 Å². The van der Waals surface area contributed by atoms with Gasteiger partial charge in [0, 0.05) is 30.2 Å². The molecule has 0 aliphatic carbocycles. The van der Waals surface area contributed by atoms with Crippen LogP contribution < -0.4 is 5.73 Å². The molecule has 4 heteroatoms. The highest BCUT2D eigenvalue weighted by Crippen LogP contribution is 2.22. The molecule has 0 fully saturated rings. The minimum absolute atomic E-state index is 0.0285. The Kier molecular flexibility index (Phi) is 2.98. The van der Waals surface area contributed by atoms with Crippen molar-refractivity contribution in [2.75, 3.05) is 0 Å². The molecule has 0 saturated carbocycles. The fraction of sp³-hybridized carbons (Fsp3) is 0.118. The number of fused-ring (bicyclic) bond motifs is 2. The lowest BCUT2D eigenvalue weighted by molar-refractivity contribution is 0.711. The van der Waals surface area contributed by atoms with E-state index in [1.165, 1.54) is 10.8 Å². The van der Waals surface area contributed by atoms with Crippen molar-refractivity contribution in [3.63, 3.8) is 0 Å². The zero-order chi connectivity index (χ0) is 14.2. The minimum Gasteiger partial charge on any atom is -0.324 e. The third-order valence-corrected chi connectivity index (χ3v) is 4.54. The van der Waals surface area contributed by atoms with Crippen molar-refractivity contribution in [2.45, 2.75) is 12.5 Å². The first kappa shape index (κ1) is 12.6. The van der Waals surface area contributed by atoms with Gasteiger partial charge in [0.25, 0.3) is 0 Å². The average Bonchev–Trinajstić information content (AvgIpc) is 3.08. The van der Waals surface area contributed by atoms with Gasteiger partial charge in [0.05, 0.1) is 5.69 Å². The zero-order valence-corrected chi connectivity index (χ0v) is 12.3. The van der Waals surface area contributed by atoms with Gasteiger partial charge >= 0.3 is 0 Å². The molecule has 3 nitrogen and oxygen atoms in total. The third-order valence-electron chi connectivity index (χ3n) is 3.77. The molecule has 104 valence electrons. The smallest absolute Gasteiger partial charge is 0.193 e. The molecule has 4 rings (SSSR count). The second-order valence-electron chi connectivity index (χ2n) is 5.24. The molecule has 2 aromatic carbocycles. The molecule has 0 amide bonds. The van der Waals surface area contributed by atoms with E-state index < -0.39 is 0 Å². The molecule has 4 aromatic rings. The third kappa shape index (κ3) is 2.33. The summed E-state index contributed by atoms with van der Waals surface area (Å²) in [6, 6.07) is 14.8. The molecule has 2 aromatic heterocycles. The SMILES string of the molecule is NC(Cc1cn2ccsc2n1)c1ccc2ccccc2c1. The molecule has 21 heavy (non-hydrogen) atoms. The van der Waals surface area contributed by atoms with E-state index in [1.807, 2.05) is 16.0 Å². The van der Waals surface area contributed by atoms with E-state index in [0.29, 0.717) is 0 Å². The Morgan fingerprint density at radius 2 is 2.00 bits per heavy atom. The van der Waals surface area contributed by atoms with Gasteiger partial charge in [0.1, 0.15) is 0 Å². The Labute approximate surface area is 126 Å². The summed E-state index contributed by atoms with van der Waals surface area (Å²) < 4.78 is 2.05. The summed E-state index contributed by atoms with van der Waals surface area (Å²) in [5, 5.41) is 4.52. The topological polar surface area (TPSA) is 43.3 Å². The van der Waals surface area contributed by atoms with Crippen molar-refractivity contribution < 1.29 is 0 Å². The summed E-state index contributed by atoms with van der Waals surface area (Å²) in [5.74, 6) is 0. The summed E-state index contributed by atoms with van der Waals surface area (Å²) in [6.45, 7) is 0. The zero-order valence-electron chi connectivity index (χ0n) is 11.4. The number of benzene rings is 2. The Morgan fingerprint density at radius 3 is 2.86 bits per heavy atom. The van der Waals surface area contributed by atoms with Gasteiger partial charge in [0.15, 0.2) is 4.96 Å². The van der Waals surface area contributed by atoms with Crippen LogP contribution in [0.15, 0.2) is 60.2 Å². The molecule has 1 atom stereocenters. The lowest BCUT2D eigenvalue weighted by Gasteiger charge is -2.11. The molecular formula is C17H15N3S. The maximum atomic E-state index is 6.36. The summed E-state index contributed by atoms with van der Waals surface area (Å²) >= 11 is 1.64. The molecule has 0 saturated heterocycles. The van der Waals surface area contributed by atoms with Crippen LogP contribution >= 0.6 is 11.3 Å². The van der Waals surface area contributed by atoms with Crippen molar-refractivity contribution in [3.05, 3.63) is 71.5 Å². The first-order valence-corrected chi connectivity index (χ1v) is 7.83. The molecule has 1 unspecified atom stereocenters. The van der Waals surface area contributed by atoms with E-state index in [-0.39, 0.29) is 6.04 Å². The Bertz CT molecular complexity index is 878. The van der Waals surface area contributed by atoms with Gasteiger partial charge in [-0.25, -0.2) is 4.98 Å². The van der Waals surface area contributed by atoms with Crippen molar-refractivity contribution in [2.24, 2.45) is 5.73 Å². The number of imidazole rings is 1. The molecule has 0 aliphatic heterocycles. The molecule has 0 aliphatic rings. The van der Waals surface area contributed by atoms with Gasteiger partial charge in [-0.15, -0.1) is 11.3 Å². The number of aromatic nitrogens is 2. The van der Waals surface area contributed by atoms with E-state index in [4.69, 9.17) is 5.73 Å². The fourth-order valence-electron chi connectivity index (χ4n) is 2.66. The summed E-state index contributed by atoms with van der Waals surface area (Å²) in [5.41, 5.74) is 8.56. The molecular weight excluding hydrogens is 278 g/mol. The predicted octanol–water partition coefficient (Wildman–Crippen LogP) is 3.79. The normalized spacial score (nSPS) is 13.0. The number of hydrogen-bond acceptors (Lipinski definition) is 3. The highest BCUT2D eigenvalue weighted by atomic mass is 32.1. The standard InChI is InChI=1S/C17H15N3S/c18-16(10-15-11-20-7-8-21-17(20)19-15)14-6-5-12-3-1-2-4-13(12)9-14/h1-9,11,16H,10,18H2. The van der Waals surface area contributed by atoms with Gasteiger partial charge in [-0.1, -0.05) is 36.4 Å². The van der Waals surface area contributed by atoms with Crippen molar-refractivity contribution in [1.29, 1.82) is 0 Å². The van der Waals surface area contributed by atoms with Gasteiger partial charge in [-0.3, -0.25) is 4.40 Å². The van der Waals surface area contributed by atoms with Crippen LogP contribution in [0.2, 0.25) is 0 Å². The van der Waals surface area contributed by atoms with Gasteiger partial charge < -0.3 is 5.73 Å². The number of hydrogen-bond donors (Lipinski definition) is 1. The van der Waals surface area contributed by atoms with Crippen LogP contribution in [0.25, 0.3) is 15.7 Å². The van der Waals surface area contributed by atoms with Crippen LogP contribution in [-0.4, -0.2) is 9.38 Å². The van der Waals surface area contributed by atoms with E-state index >= 15 is 0 Å². The molecule has 2 N–H and O–H groups in total. The summed E-state index contributed by atoms with van der Waals surface area (Å²) in [7, 11) is 0. The maximum absolute atomic E-state index is 6.36. The van der Waals surface area contributed by atoms with Crippen molar-refractivity contribution in [3.8, 4) is 0 Å². The highest BCUT2D eigenvalue weighted by molar-refractivity contribution is 7.15. The maximum Gasteiger partial charge on any atom is 0.193 e. The second-order valence-corrected chi connectivity index (χ2v) is 6.12. The predicted molar refractivity (Wildman–Crippen MR) is 87.6 cm³/mol. The van der Waals surface area contributed by atoms with E-state index in [2.05, 4.69) is 53.6 Å². The largest absolute Gasteiger partial charge is 0.324 e. The van der Waals surface area contributed by atoms with Crippen LogP contribution in [0.4, 0.5) is 0 Å². The molecule has 0 bridgehead atoms. The van der Waals surface area contributed by atoms with Crippen LogP contribution in [-0.2, 0) is 6.42 Å². The van der Waals surface area contributed by atoms with E-state index in [1.54, 1.807) is 11.3 Å². The number of nitrogens with two attached hydrogens (primary N) is 1. The number of rotatable bonds is 3. The quantitative estimate of drug-likeness (QED) is 0.624. The average molecular weight is 293 g/mol. The minimum atomic E-state index is -0.0285. The van der Waals surface area contributed by atoms with Crippen LogP contribution in [0, 0.1) is 0 Å². The molecule has 0 radical (unpaired) electrons. The fourth-order valence-corrected chi connectivity index (χ4v) is 3.37. The van der Waals surface area contributed by atoms with Crippen LogP contribution in [0.5, 0.6) is 0 Å². The first-order valence-electron chi connectivity index (χ1n) is 6.95. The number of nitrogens with zero attached hydrogens (tertiary/aromatic N) is 2. The molecule has 2 heterocycles. The van der Waals surface area contributed by atoms with Gasteiger partial charge in [-0.05, 0) is 22.4 Å². The first-order chi connectivity index (χ1) is 10.3. The van der Waals surface area contributed by atoms with Gasteiger partial charge in [-0.2, -0.15) is 0 Å². The van der Waals surface area contributed by atoms with E-state index in [0.717, 1.165) is 22.6 Å². The Morgan fingerprint density at radius 1 is 1.14 bits per heavy atom. The monoisotopic (exact) mass is 293 g/mol. The van der Waals surface area contributed by atoms with Crippen LogP contribution in [0.1, 0.15) is 17.3 Å². The van der Waals surface area contributed by atoms with Crippen molar-refractivity contribution in [1.82, 2.24) is 9.38 Å². The van der Waals surface area contributed by atoms with E-state index in [9.17, 15) is 0 Å². The van der Waals surface area contributed by atoms with Crippen LogP contribution in [0.3, 0.4) is 0 Å². The van der Waals surface area contributed by atoms with Crippen molar-refractivity contribution >= 4 is 27.1 Å². The summed E-state index contributed by atoms with van der Waals surface area (Å²) in [6.07, 6.45) is 4.84. The second kappa shape index (κ2) is 4.98. The molecule has 0 spiro atoms. The Balaban J connectivity index is 1.63. The summed E-state index contributed by atoms with van der Waals surface area (Å²) in [4.78, 5) is 5.63. The number of thiazole rings is 1.